The molecule has 2 aromatic carbocycles. The van der Waals surface area contributed by atoms with E-state index in [-0.39, 0.29) is 0 Å². The van der Waals surface area contributed by atoms with Gasteiger partial charge in [0.15, 0.2) is 0 Å². The molecule has 0 unspecified atom stereocenters. The molecule has 0 atom stereocenters. The minimum Gasteiger partial charge on any atom is -0.490 e. The molecule has 0 aliphatic rings. The summed E-state index contributed by atoms with van der Waals surface area (Å²) < 4.78 is 16.3. The van der Waals surface area contributed by atoms with Crippen LogP contribution in [0.15, 0.2) is 48.5 Å². The second kappa shape index (κ2) is 7.51. The Hall–Kier alpha value is -3.30. The number of hydrogen-bond donors (Lipinski definition) is 1. The number of pyridine rings is 1. The molecule has 25 heavy (non-hydrogen) atoms. The molecule has 2 N–H and O–H groups in total. The van der Waals surface area contributed by atoms with Crippen LogP contribution in [-0.4, -0.2) is 25.3 Å². The predicted molar refractivity (Wildman–Crippen MR) is 94.8 cm³/mol. The number of rotatable bonds is 6. The third-order valence-corrected chi connectivity index (χ3v) is 3.53. The van der Waals surface area contributed by atoms with E-state index in [9.17, 15) is 5.26 Å². The van der Waals surface area contributed by atoms with Crippen LogP contribution < -0.4 is 15.2 Å². The number of aromatic nitrogens is 1. The molecule has 0 aliphatic carbocycles. The van der Waals surface area contributed by atoms with Gasteiger partial charge in [-0.2, -0.15) is 5.26 Å². The van der Waals surface area contributed by atoms with Crippen molar-refractivity contribution in [3.8, 4) is 23.4 Å². The van der Waals surface area contributed by atoms with Gasteiger partial charge in [0.25, 0.3) is 0 Å². The zero-order valence-corrected chi connectivity index (χ0v) is 13.7. The summed E-state index contributed by atoms with van der Waals surface area (Å²) in [6.07, 6.45) is 0. The Morgan fingerprint density at radius 2 is 1.88 bits per heavy atom. The van der Waals surface area contributed by atoms with Crippen LogP contribution in [0.4, 0.5) is 5.69 Å². The number of nitrogen functional groups attached to an aromatic ring is 1. The van der Waals surface area contributed by atoms with E-state index in [2.05, 4.69) is 11.1 Å². The average molecular weight is 335 g/mol. The highest BCUT2D eigenvalue weighted by molar-refractivity contribution is 5.83. The first-order chi connectivity index (χ1) is 12.2. The standard InChI is InChI=1S/C19H17N3O3/c1-23-8-9-24-18-11-17-13(10-14(18)12-20)2-7-19(22-17)25-16-5-3-15(21)4-6-16/h2-7,10-11H,8-9,21H2,1H3. The van der Waals surface area contributed by atoms with Gasteiger partial charge in [-0.05, 0) is 36.4 Å². The molecule has 0 amide bonds. The Kier molecular flexibility index (Phi) is 4.97. The fourth-order valence-electron chi connectivity index (χ4n) is 2.29. The molecule has 0 saturated carbocycles. The number of benzene rings is 2. The number of fused-ring (bicyclic) bond motifs is 1. The molecule has 1 aromatic heterocycles. The Balaban J connectivity index is 1.90. The van der Waals surface area contributed by atoms with Gasteiger partial charge in [0, 0.05) is 30.3 Å². The molecular weight excluding hydrogens is 318 g/mol. The van der Waals surface area contributed by atoms with Crippen molar-refractivity contribution in [3.63, 3.8) is 0 Å². The number of nitrogens with two attached hydrogens (primary N) is 1. The Bertz CT molecular complexity index is 918. The van der Waals surface area contributed by atoms with Crippen molar-refractivity contribution < 1.29 is 14.2 Å². The van der Waals surface area contributed by atoms with Crippen LogP contribution >= 0.6 is 0 Å². The number of nitriles is 1. The van der Waals surface area contributed by atoms with Crippen molar-refractivity contribution in [2.45, 2.75) is 0 Å². The molecule has 0 fully saturated rings. The quantitative estimate of drug-likeness (QED) is 0.547. The normalized spacial score (nSPS) is 10.4. The van der Waals surface area contributed by atoms with Gasteiger partial charge in [-0.15, -0.1) is 0 Å². The fourth-order valence-corrected chi connectivity index (χ4v) is 2.29. The highest BCUT2D eigenvalue weighted by Gasteiger charge is 2.09. The van der Waals surface area contributed by atoms with Gasteiger partial charge in [0.1, 0.15) is 24.2 Å². The average Bonchev–Trinajstić information content (AvgIpc) is 2.63. The van der Waals surface area contributed by atoms with Crippen molar-refractivity contribution in [1.29, 1.82) is 5.26 Å². The van der Waals surface area contributed by atoms with Crippen LogP contribution in [0.25, 0.3) is 10.9 Å². The first-order valence-electron chi connectivity index (χ1n) is 7.69. The fraction of sp³-hybridized carbons (Fsp3) is 0.158. The van der Waals surface area contributed by atoms with Crippen LogP contribution in [0.2, 0.25) is 0 Å². The molecule has 6 heteroatoms. The molecule has 0 aliphatic heterocycles. The van der Waals surface area contributed by atoms with E-state index >= 15 is 0 Å². The second-order valence-electron chi connectivity index (χ2n) is 5.31. The van der Waals surface area contributed by atoms with E-state index in [1.807, 2.05) is 6.07 Å². The van der Waals surface area contributed by atoms with Gasteiger partial charge >= 0.3 is 0 Å². The minimum absolute atomic E-state index is 0.359. The number of ether oxygens (including phenoxy) is 3. The molecule has 3 aromatic rings. The van der Waals surface area contributed by atoms with Crippen LogP contribution in [-0.2, 0) is 4.74 Å². The van der Waals surface area contributed by atoms with Crippen LogP contribution in [0.1, 0.15) is 5.56 Å². The van der Waals surface area contributed by atoms with Crippen LogP contribution in [0, 0.1) is 11.3 Å². The Morgan fingerprint density at radius 1 is 1.08 bits per heavy atom. The molecule has 0 radical (unpaired) electrons. The summed E-state index contributed by atoms with van der Waals surface area (Å²) in [5.41, 5.74) is 7.47. The van der Waals surface area contributed by atoms with Gasteiger partial charge in [0.2, 0.25) is 5.88 Å². The zero-order chi connectivity index (χ0) is 17.6. The minimum atomic E-state index is 0.359. The summed E-state index contributed by atoms with van der Waals surface area (Å²) in [6, 6.07) is 16.3. The number of methoxy groups -OCH3 is 1. The maximum Gasteiger partial charge on any atom is 0.219 e. The topological polar surface area (TPSA) is 90.4 Å². The molecular formula is C19H17N3O3. The third kappa shape index (κ3) is 3.97. The monoisotopic (exact) mass is 335 g/mol. The lowest BCUT2D eigenvalue weighted by atomic mass is 10.1. The lowest BCUT2D eigenvalue weighted by Gasteiger charge is -2.10. The van der Waals surface area contributed by atoms with Gasteiger partial charge < -0.3 is 19.9 Å². The van der Waals surface area contributed by atoms with Gasteiger partial charge in [-0.1, -0.05) is 0 Å². The summed E-state index contributed by atoms with van der Waals surface area (Å²) in [5, 5.41) is 10.1. The maximum absolute atomic E-state index is 9.29. The third-order valence-electron chi connectivity index (χ3n) is 3.53. The van der Waals surface area contributed by atoms with Crippen LogP contribution in [0.3, 0.4) is 0 Å². The van der Waals surface area contributed by atoms with E-state index in [0.29, 0.717) is 47.4 Å². The molecule has 6 nitrogen and oxygen atoms in total. The molecule has 0 bridgehead atoms. The van der Waals surface area contributed by atoms with E-state index in [0.717, 1.165) is 5.39 Å². The summed E-state index contributed by atoms with van der Waals surface area (Å²) in [6.45, 7) is 0.801. The highest BCUT2D eigenvalue weighted by Crippen LogP contribution is 2.28. The molecule has 0 saturated heterocycles. The van der Waals surface area contributed by atoms with E-state index in [1.54, 1.807) is 49.6 Å². The number of nitrogens with zero attached hydrogens (tertiary/aromatic N) is 2. The smallest absolute Gasteiger partial charge is 0.219 e. The Labute approximate surface area is 145 Å². The van der Waals surface area contributed by atoms with Crippen molar-refractivity contribution in [2.75, 3.05) is 26.1 Å². The van der Waals surface area contributed by atoms with E-state index in [1.165, 1.54) is 0 Å². The lowest BCUT2D eigenvalue weighted by Crippen LogP contribution is -2.05. The Morgan fingerprint density at radius 3 is 2.60 bits per heavy atom. The number of anilines is 1. The molecule has 126 valence electrons. The van der Waals surface area contributed by atoms with Gasteiger partial charge in [-0.25, -0.2) is 4.98 Å². The largest absolute Gasteiger partial charge is 0.490 e. The lowest BCUT2D eigenvalue weighted by molar-refractivity contribution is 0.146. The maximum atomic E-state index is 9.29. The summed E-state index contributed by atoms with van der Waals surface area (Å²) in [7, 11) is 1.59. The predicted octanol–water partition coefficient (Wildman–Crippen LogP) is 3.51. The zero-order valence-electron chi connectivity index (χ0n) is 13.7. The van der Waals surface area contributed by atoms with Crippen LogP contribution in [0.5, 0.6) is 17.4 Å². The SMILES string of the molecule is COCCOc1cc2nc(Oc3ccc(N)cc3)ccc2cc1C#N. The van der Waals surface area contributed by atoms with Crippen molar-refractivity contribution in [1.82, 2.24) is 4.98 Å². The first kappa shape index (κ1) is 16.6. The summed E-state index contributed by atoms with van der Waals surface area (Å²) in [4.78, 5) is 4.48. The molecule has 3 rings (SSSR count). The van der Waals surface area contributed by atoms with Gasteiger partial charge in [-0.3, -0.25) is 0 Å². The van der Waals surface area contributed by atoms with Crippen molar-refractivity contribution >= 4 is 16.6 Å². The molecule has 0 spiro atoms. The van der Waals surface area contributed by atoms with E-state index < -0.39 is 0 Å². The highest BCUT2D eigenvalue weighted by atomic mass is 16.5. The number of hydrogen-bond acceptors (Lipinski definition) is 6. The van der Waals surface area contributed by atoms with Gasteiger partial charge in [0.05, 0.1) is 17.7 Å². The second-order valence-corrected chi connectivity index (χ2v) is 5.31. The van der Waals surface area contributed by atoms with Crippen molar-refractivity contribution in [3.05, 3.63) is 54.1 Å². The van der Waals surface area contributed by atoms with Crippen molar-refractivity contribution in [2.24, 2.45) is 0 Å². The first-order valence-corrected chi connectivity index (χ1v) is 7.69. The summed E-state index contributed by atoms with van der Waals surface area (Å²) in [5.74, 6) is 1.57. The molecule has 1 heterocycles. The van der Waals surface area contributed by atoms with E-state index in [4.69, 9.17) is 19.9 Å². The summed E-state index contributed by atoms with van der Waals surface area (Å²) >= 11 is 0.